The molecular formula is C18H20ClN3O3S. The lowest BCUT2D eigenvalue weighted by molar-refractivity contribution is 0.102. The molecule has 138 valence electrons. The van der Waals surface area contributed by atoms with Crippen LogP contribution in [0.1, 0.15) is 35.3 Å². The Hall–Kier alpha value is -1.96. The molecule has 1 aromatic heterocycles. The van der Waals surface area contributed by atoms with E-state index in [0.717, 1.165) is 19.3 Å². The normalized spacial score (nSPS) is 15.6. The van der Waals surface area contributed by atoms with Crippen LogP contribution < -0.4 is 5.32 Å². The van der Waals surface area contributed by atoms with Gasteiger partial charge in [0.1, 0.15) is 5.69 Å². The summed E-state index contributed by atoms with van der Waals surface area (Å²) in [6, 6.07) is 7.90. The summed E-state index contributed by atoms with van der Waals surface area (Å²) in [5, 5.41) is 3.09. The van der Waals surface area contributed by atoms with Gasteiger partial charge in [-0.1, -0.05) is 24.1 Å². The van der Waals surface area contributed by atoms with E-state index in [1.54, 1.807) is 25.1 Å². The highest BCUT2D eigenvalue weighted by atomic mass is 35.5. The Labute approximate surface area is 158 Å². The van der Waals surface area contributed by atoms with Crippen LogP contribution >= 0.6 is 11.6 Å². The number of anilines is 1. The standard InChI is InChI=1S/C18H20ClN3O3S/c1-13-5-6-15(21-18(23)16-11-14(19)7-8-20-16)12-17(13)26(24,25)22-9-3-2-4-10-22/h5-8,11-12H,2-4,9-10H2,1H3,(H,21,23). The molecule has 3 rings (SSSR count). The Balaban J connectivity index is 1.86. The number of nitrogens with one attached hydrogen (secondary N) is 1. The number of sulfonamides is 1. The fourth-order valence-electron chi connectivity index (χ4n) is 2.92. The van der Waals surface area contributed by atoms with Gasteiger partial charge in [0.25, 0.3) is 5.91 Å². The first-order valence-electron chi connectivity index (χ1n) is 8.41. The lowest BCUT2D eigenvalue weighted by Crippen LogP contribution is -2.36. The molecule has 8 heteroatoms. The maximum Gasteiger partial charge on any atom is 0.274 e. The van der Waals surface area contributed by atoms with Crippen LogP contribution in [0.2, 0.25) is 5.02 Å². The molecular weight excluding hydrogens is 374 g/mol. The topological polar surface area (TPSA) is 79.4 Å². The number of aryl methyl sites for hydroxylation is 1. The number of nitrogens with zero attached hydrogens (tertiary/aromatic N) is 2. The van der Waals surface area contributed by atoms with Crippen molar-refractivity contribution in [1.82, 2.24) is 9.29 Å². The van der Waals surface area contributed by atoms with Gasteiger partial charge in [0.15, 0.2) is 0 Å². The summed E-state index contributed by atoms with van der Waals surface area (Å²) in [7, 11) is -3.58. The highest BCUT2D eigenvalue weighted by molar-refractivity contribution is 7.89. The highest BCUT2D eigenvalue weighted by Gasteiger charge is 2.27. The molecule has 0 aliphatic carbocycles. The molecule has 0 spiro atoms. The third-order valence-electron chi connectivity index (χ3n) is 4.33. The molecule has 1 fully saturated rings. The summed E-state index contributed by atoms with van der Waals surface area (Å²) in [6.45, 7) is 2.82. The number of piperidine rings is 1. The lowest BCUT2D eigenvalue weighted by atomic mass is 10.2. The molecule has 1 aliphatic heterocycles. The first kappa shape index (κ1) is 18.8. The molecule has 6 nitrogen and oxygen atoms in total. The van der Waals surface area contributed by atoms with Crippen LogP contribution in [0.3, 0.4) is 0 Å². The maximum absolute atomic E-state index is 12.9. The SMILES string of the molecule is Cc1ccc(NC(=O)c2cc(Cl)ccn2)cc1S(=O)(=O)N1CCCCC1. The van der Waals surface area contributed by atoms with E-state index in [0.29, 0.717) is 29.4 Å². The van der Waals surface area contributed by atoms with Crippen LogP contribution in [0, 0.1) is 6.92 Å². The first-order valence-corrected chi connectivity index (χ1v) is 10.2. The highest BCUT2D eigenvalue weighted by Crippen LogP contribution is 2.26. The number of hydrogen-bond acceptors (Lipinski definition) is 4. The largest absolute Gasteiger partial charge is 0.321 e. The molecule has 0 unspecified atom stereocenters. The molecule has 2 heterocycles. The van der Waals surface area contributed by atoms with Gasteiger partial charge in [-0.05, 0) is 49.6 Å². The summed E-state index contributed by atoms with van der Waals surface area (Å²) in [4.78, 5) is 16.5. The molecule has 0 bridgehead atoms. The van der Waals surface area contributed by atoms with Gasteiger partial charge < -0.3 is 5.32 Å². The van der Waals surface area contributed by atoms with Gasteiger partial charge in [-0.15, -0.1) is 0 Å². The van der Waals surface area contributed by atoms with E-state index in [-0.39, 0.29) is 10.6 Å². The average Bonchev–Trinajstić information content (AvgIpc) is 2.64. The number of carbonyl (C=O) groups excluding carboxylic acids is 1. The number of hydrogen-bond donors (Lipinski definition) is 1. The summed E-state index contributed by atoms with van der Waals surface area (Å²) in [5.74, 6) is -0.447. The summed E-state index contributed by atoms with van der Waals surface area (Å²) in [5.41, 5.74) is 1.21. The zero-order valence-electron chi connectivity index (χ0n) is 14.4. The zero-order chi connectivity index (χ0) is 18.7. The van der Waals surface area contributed by atoms with Crippen molar-refractivity contribution >= 4 is 33.2 Å². The number of halogens is 1. The van der Waals surface area contributed by atoms with E-state index in [2.05, 4.69) is 10.3 Å². The second-order valence-corrected chi connectivity index (χ2v) is 8.60. The van der Waals surface area contributed by atoms with Crippen molar-refractivity contribution in [1.29, 1.82) is 0 Å². The molecule has 1 N–H and O–H groups in total. The van der Waals surface area contributed by atoms with E-state index in [9.17, 15) is 13.2 Å². The van der Waals surface area contributed by atoms with E-state index < -0.39 is 15.9 Å². The lowest BCUT2D eigenvalue weighted by Gasteiger charge is -2.26. The molecule has 0 atom stereocenters. The Morgan fingerprint density at radius 1 is 1.15 bits per heavy atom. The minimum absolute atomic E-state index is 0.165. The predicted octanol–water partition coefficient (Wildman–Crippen LogP) is 3.47. The zero-order valence-corrected chi connectivity index (χ0v) is 16.0. The first-order chi connectivity index (χ1) is 12.4. The molecule has 1 saturated heterocycles. The van der Waals surface area contributed by atoms with Gasteiger partial charge in [0, 0.05) is 30.0 Å². The van der Waals surface area contributed by atoms with Gasteiger partial charge in [0.2, 0.25) is 10.0 Å². The minimum Gasteiger partial charge on any atom is -0.321 e. The van der Waals surface area contributed by atoms with Crippen LogP contribution in [0.25, 0.3) is 0 Å². The Kier molecular flexibility index (Phi) is 5.60. The molecule has 26 heavy (non-hydrogen) atoms. The van der Waals surface area contributed by atoms with Crippen molar-refractivity contribution in [3.63, 3.8) is 0 Å². The smallest absolute Gasteiger partial charge is 0.274 e. The molecule has 0 saturated carbocycles. The van der Waals surface area contributed by atoms with Crippen LogP contribution in [0.5, 0.6) is 0 Å². The summed E-state index contributed by atoms with van der Waals surface area (Å²) in [6.07, 6.45) is 4.23. The molecule has 0 radical (unpaired) electrons. The third-order valence-corrected chi connectivity index (χ3v) is 6.61. The molecule has 1 aliphatic rings. The Morgan fingerprint density at radius 2 is 1.88 bits per heavy atom. The van der Waals surface area contributed by atoms with E-state index >= 15 is 0 Å². The van der Waals surface area contributed by atoms with Crippen molar-refractivity contribution in [2.24, 2.45) is 0 Å². The van der Waals surface area contributed by atoms with Crippen molar-refractivity contribution in [2.75, 3.05) is 18.4 Å². The van der Waals surface area contributed by atoms with Crippen molar-refractivity contribution in [3.8, 4) is 0 Å². The fraction of sp³-hybridized carbons (Fsp3) is 0.333. The van der Waals surface area contributed by atoms with Crippen LogP contribution in [0.4, 0.5) is 5.69 Å². The fourth-order valence-corrected chi connectivity index (χ4v) is 4.85. The van der Waals surface area contributed by atoms with Crippen molar-refractivity contribution in [2.45, 2.75) is 31.1 Å². The monoisotopic (exact) mass is 393 g/mol. The maximum atomic E-state index is 12.9. The van der Waals surface area contributed by atoms with Crippen LogP contribution in [-0.4, -0.2) is 36.7 Å². The molecule has 1 aromatic carbocycles. The van der Waals surface area contributed by atoms with Gasteiger partial charge in [-0.3, -0.25) is 9.78 Å². The van der Waals surface area contributed by atoms with Gasteiger partial charge in [-0.2, -0.15) is 4.31 Å². The molecule has 2 aromatic rings. The Bertz CT molecular complexity index is 925. The number of pyridine rings is 1. The van der Waals surface area contributed by atoms with Crippen LogP contribution in [0.15, 0.2) is 41.4 Å². The van der Waals surface area contributed by atoms with Crippen molar-refractivity contribution < 1.29 is 13.2 Å². The van der Waals surface area contributed by atoms with Crippen LogP contribution in [-0.2, 0) is 10.0 Å². The van der Waals surface area contributed by atoms with Crippen molar-refractivity contribution in [3.05, 3.63) is 52.8 Å². The second-order valence-electron chi connectivity index (χ2n) is 6.26. The average molecular weight is 394 g/mol. The quantitative estimate of drug-likeness (QED) is 0.862. The van der Waals surface area contributed by atoms with Gasteiger partial charge >= 0.3 is 0 Å². The number of aromatic nitrogens is 1. The number of benzene rings is 1. The van der Waals surface area contributed by atoms with Gasteiger partial charge in [-0.25, -0.2) is 8.42 Å². The summed E-state index contributed by atoms with van der Waals surface area (Å²) >= 11 is 5.88. The second kappa shape index (κ2) is 7.73. The Morgan fingerprint density at radius 3 is 2.58 bits per heavy atom. The minimum atomic E-state index is -3.58. The number of carbonyl (C=O) groups is 1. The third kappa shape index (κ3) is 4.06. The summed E-state index contributed by atoms with van der Waals surface area (Å²) < 4.78 is 27.4. The number of amides is 1. The van der Waals surface area contributed by atoms with Gasteiger partial charge in [0.05, 0.1) is 4.90 Å². The van der Waals surface area contributed by atoms with E-state index in [4.69, 9.17) is 11.6 Å². The van der Waals surface area contributed by atoms with E-state index in [1.807, 2.05) is 0 Å². The predicted molar refractivity (Wildman–Crippen MR) is 101 cm³/mol. The molecule has 1 amide bonds. The van der Waals surface area contributed by atoms with E-state index in [1.165, 1.54) is 22.6 Å². The number of rotatable bonds is 4.